The summed E-state index contributed by atoms with van der Waals surface area (Å²) in [5.41, 5.74) is 2.35. The zero-order valence-electron chi connectivity index (χ0n) is 18.4. The van der Waals surface area contributed by atoms with Crippen LogP contribution in [0.1, 0.15) is 56.6 Å². The summed E-state index contributed by atoms with van der Waals surface area (Å²) in [5.74, 6) is 0.756. The summed E-state index contributed by atoms with van der Waals surface area (Å²) in [6.07, 6.45) is 5.60. The highest BCUT2D eigenvalue weighted by Gasteiger charge is 2.22. The van der Waals surface area contributed by atoms with Crippen molar-refractivity contribution < 1.29 is 4.79 Å². The van der Waals surface area contributed by atoms with Gasteiger partial charge in [0.2, 0.25) is 0 Å². The number of anilines is 2. The normalized spacial score (nSPS) is 11.4. The zero-order valence-corrected chi connectivity index (χ0v) is 18.4. The summed E-state index contributed by atoms with van der Waals surface area (Å²) < 4.78 is 1.57. The molecule has 0 fully saturated rings. The molecule has 0 bridgehead atoms. The Labute approximate surface area is 178 Å². The van der Waals surface area contributed by atoms with Gasteiger partial charge in [-0.15, -0.1) is 0 Å². The zero-order chi connectivity index (χ0) is 21.7. The molecule has 0 saturated heterocycles. The van der Waals surface area contributed by atoms with E-state index >= 15 is 0 Å². The Balaban J connectivity index is 1.83. The van der Waals surface area contributed by atoms with Crippen LogP contribution < -0.4 is 10.2 Å². The molecular formula is C23H30N6O. The highest BCUT2D eigenvalue weighted by Crippen LogP contribution is 2.26. The van der Waals surface area contributed by atoms with Crippen molar-refractivity contribution in [3.63, 3.8) is 0 Å². The van der Waals surface area contributed by atoms with E-state index in [0.29, 0.717) is 17.3 Å². The lowest BCUT2D eigenvalue weighted by Gasteiger charge is -2.19. The maximum atomic E-state index is 12.9. The molecule has 3 aromatic rings. The Bertz CT molecular complexity index is 973. The molecule has 2 aromatic heterocycles. The number of hydrogen-bond donors (Lipinski definition) is 1. The highest BCUT2D eigenvalue weighted by molar-refractivity contribution is 6.04. The second-order valence-corrected chi connectivity index (χ2v) is 8.40. The monoisotopic (exact) mass is 406 g/mol. The van der Waals surface area contributed by atoms with E-state index in [1.165, 1.54) is 0 Å². The van der Waals surface area contributed by atoms with Gasteiger partial charge in [-0.05, 0) is 36.8 Å². The fraction of sp³-hybridized carbons (Fsp3) is 0.391. The summed E-state index contributed by atoms with van der Waals surface area (Å²) in [7, 11) is 2.07. The van der Waals surface area contributed by atoms with Crippen molar-refractivity contribution in [1.29, 1.82) is 0 Å². The van der Waals surface area contributed by atoms with Crippen molar-refractivity contribution in [2.45, 2.75) is 46.0 Å². The van der Waals surface area contributed by atoms with E-state index in [9.17, 15) is 4.79 Å². The van der Waals surface area contributed by atoms with E-state index in [-0.39, 0.29) is 11.3 Å². The Morgan fingerprint density at radius 3 is 2.40 bits per heavy atom. The van der Waals surface area contributed by atoms with Crippen molar-refractivity contribution in [1.82, 2.24) is 19.7 Å². The number of unbranched alkanes of at least 4 members (excludes halogenated alkanes) is 1. The van der Waals surface area contributed by atoms with Gasteiger partial charge in [-0.3, -0.25) is 4.79 Å². The van der Waals surface area contributed by atoms with Crippen LogP contribution >= 0.6 is 0 Å². The minimum Gasteiger partial charge on any atom is -0.375 e. The molecule has 0 radical (unpaired) electrons. The molecule has 0 aliphatic rings. The summed E-state index contributed by atoms with van der Waals surface area (Å²) in [4.78, 5) is 23.6. The number of nitrogens with one attached hydrogen (secondary N) is 1. The fourth-order valence-corrected chi connectivity index (χ4v) is 2.97. The van der Waals surface area contributed by atoms with Crippen LogP contribution in [0.3, 0.4) is 0 Å². The van der Waals surface area contributed by atoms with Crippen LogP contribution in [0.25, 0.3) is 5.95 Å². The number of benzene rings is 1. The number of nitrogens with zero attached hydrogens (tertiary/aromatic N) is 5. The van der Waals surface area contributed by atoms with Crippen molar-refractivity contribution in [2.75, 3.05) is 23.8 Å². The van der Waals surface area contributed by atoms with Crippen LogP contribution in [0, 0.1) is 0 Å². The van der Waals surface area contributed by atoms with E-state index in [0.717, 1.165) is 30.8 Å². The number of amides is 1. The van der Waals surface area contributed by atoms with E-state index in [1.54, 1.807) is 23.1 Å². The summed E-state index contributed by atoms with van der Waals surface area (Å²) in [6.45, 7) is 9.39. The van der Waals surface area contributed by atoms with Crippen molar-refractivity contribution in [2.24, 2.45) is 0 Å². The Morgan fingerprint density at radius 2 is 1.80 bits per heavy atom. The van der Waals surface area contributed by atoms with E-state index in [2.05, 4.69) is 60.0 Å². The van der Waals surface area contributed by atoms with Gasteiger partial charge in [0, 0.05) is 48.7 Å². The van der Waals surface area contributed by atoms with Gasteiger partial charge in [-0.25, -0.2) is 9.97 Å². The lowest BCUT2D eigenvalue weighted by atomic mass is 9.92. The van der Waals surface area contributed by atoms with Gasteiger partial charge in [0.05, 0.1) is 5.69 Å². The Kier molecular flexibility index (Phi) is 6.50. The largest absolute Gasteiger partial charge is 0.375 e. The SMILES string of the molecule is CCCCN(C)c1ccc(C(=O)Nc2cc(C(C)(C)C)nn2-c2ncccn2)cc1. The number of rotatable bonds is 7. The van der Waals surface area contributed by atoms with E-state index < -0.39 is 0 Å². The third-order valence-corrected chi connectivity index (χ3v) is 4.88. The molecule has 0 saturated carbocycles. The van der Waals surface area contributed by atoms with Crippen LogP contribution in [-0.4, -0.2) is 39.2 Å². The predicted molar refractivity (Wildman–Crippen MR) is 120 cm³/mol. The molecule has 0 unspecified atom stereocenters. The first-order chi connectivity index (χ1) is 14.3. The molecule has 7 heteroatoms. The van der Waals surface area contributed by atoms with Crippen molar-refractivity contribution in [3.8, 4) is 5.95 Å². The molecule has 30 heavy (non-hydrogen) atoms. The van der Waals surface area contributed by atoms with Crippen LogP contribution in [-0.2, 0) is 5.41 Å². The minimum atomic E-state index is -0.199. The van der Waals surface area contributed by atoms with Crippen LogP contribution in [0.5, 0.6) is 0 Å². The molecule has 158 valence electrons. The Hall–Kier alpha value is -3.22. The topological polar surface area (TPSA) is 75.9 Å². The average Bonchev–Trinajstić information content (AvgIpc) is 3.17. The smallest absolute Gasteiger partial charge is 0.256 e. The maximum Gasteiger partial charge on any atom is 0.256 e. The predicted octanol–water partition coefficient (Wildman–Crippen LogP) is 4.45. The van der Waals surface area contributed by atoms with E-state index in [1.807, 2.05) is 30.3 Å². The van der Waals surface area contributed by atoms with Crippen molar-refractivity contribution in [3.05, 3.63) is 60.0 Å². The second-order valence-electron chi connectivity index (χ2n) is 8.40. The van der Waals surface area contributed by atoms with Gasteiger partial charge in [0.15, 0.2) is 0 Å². The lowest BCUT2D eigenvalue weighted by Crippen LogP contribution is -2.19. The van der Waals surface area contributed by atoms with Crippen molar-refractivity contribution >= 4 is 17.4 Å². The second kappa shape index (κ2) is 9.07. The first-order valence-electron chi connectivity index (χ1n) is 10.3. The molecule has 0 atom stereocenters. The van der Waals surface area contributed by atoms with Gasteiger partial charge in [-0.1, -0.05) is 34.1 Å². The van der Waals surface area contributed by atoms with Gasteiger partial charge < -0.3 is 10.2 Å². The standard InChI is InChI=1S/C23H30N6O/c1-6-7-15-28(5)18-11-9-17(10-12-18)21(30)26-20-16-19(23(2,3)4)27-29(20)22-24-13-8-14-25-22/h8-14,16H,6-7,15H2,1-5H3,(H,26,30). The van der Waals surface area contributed by atoms with Gasteiger partial charge >= 0.3 is 0 Å². The lowest BCUT2D eigenvalue weighted by molar-refractivity contribution is 0.102. The third-order valence-electron chi connectivity index (χ3n) is 4.88. The number of carbonyl (C=O) groups is 1. The molecule has 1 aromatic carbocycles. The molecule has 0 aliphatic carbocycles. The highest BCUT2D eigenvalue weighted by atomic mass is 16.1. The van der Waals surface area contributed by atoms with Crippen LogP contribution in [0.4, 0.5) is 11.5 Å². The van der Waals surface area contributed by atoms with Crippen LogP contribution in [0.2, 0.25) is 0 Å². The number of aromatic nitrogens is 4. The third kappa shape index (κ3) is 5.03. The molecule has 0 aliphatic heterocycles. The molecule has 1 amide bonds. The number of carbonyl (C=O) groups excluding carboxylic acids is 1. The Morgan fingerprint density at radius 1 is 1.13 bits per heavy atom. The summed E-state index contributed by atoms with van der Waals surface area (Å²) >= 11 is 0. The van der Waals surface area contributed by atoms with Gasteiger partial charge in [-0.2, -0.15) is 9.78 Å². The first kappa shape index (κ1) is 21.5. The number of hydrogen-bond acceptors (Lipinski definition) is 5. The average molecular weight is 407 g/mol. The van der Waals surface area contributed by atoms with Gasteiger partial charge in [0.1, 0.15) is 5.82 Å². The molecule has 1 N–H and O–H groups in total. The van der Waals surface area contributed by atoms with Crippen LogP contribution in [0.15, 0.2) is 48.8 Å². The fourth-order valence-electron chi connectivity index (χ4n) is 2.97. The minimum absolute atomic E-state index is 0.176. The maximum absolute atomic E-state index is 12.9. The summed E-state index contributed by atoms with van der Waals surface area (Å²) in [5, 5.41) is 7.60. The first-order valence-corrected chi connectivity index (χ1v) is 10.3. The summed E-state index contributed by atoms with van der Waals surface area (Å²) in [6, 6.07) is 11.3. The quantitative estimate of drug-likeness (QED) is 0.627. The molecule has 7 nitrogen and oxygen atoms in total. The van der Waals surface area contributed by atoms with E-state index in [4.69, 9.17) is 0 Å². The van der Waals surface area contributed by atoms with Gasteiger partial charge in [0.25, 0.3) is 11.9 Å². The molecular weight excluding hydrogens is 376 g/mol. The molecule has 2 heterocycles. The molecule has 3 rings (SSSR count). The molecule has 0 spiro atoms.